The van der Waals surface area contributed by atoms with Gasteiger partial charge in [0.15, 0.2) is 0 Å². The van der Waals surface area contributed by atoms with Crippen LogP contribution in [-0.4, -0.2) is 14.3 Å². The standard InChI is InChI=1S/C22H29BrN2O3S/c1-13(2)17-11-19(14(3)4)21(20(12-17)15(5)6)29(27,28)25-24-22(26)16-8-7-9-18(23)10-16/h7-15,25H,1-6H3,(H,24,26). The molecule has 0 heterocycles. The highest BCUT2D eigenvalue weighted by molar-refractivity contribution is 9.10. The van der Waals surface area contributed by atoms with Gasteiger partial charge in [0.1, 0.15) is 0 Å². The number of benzene rings is 2. The van der Waals surface area contributed by atoms with E-state index in [4.69, 9.17) is 0 Å². The zero-order valence-corrected chi connectivity index (χ0v) is 20.1. The van der Waals surface area contributed by atoms with Gasteiger partial charge in [-0.15, -0.1) is 4.83 Å². The van der Waals surface area contributed by atoms with E-state index in [2.05, 4.69) is 40.0 Å². The molecular weight excluding hydrogens is 452 g/mol. The molecule has 5 nitrogen and oxygen atoms in total. The minimum atomic E-state index is -3.96. The summed E-state index contributed by atoms with van der Waals surface area (Å²) in [6.45, 7) is 12.1. The van der Waals surface area contributed by atoms with E-state index in [0.717, 1.165) is 21.2 Å². The molecule has 0 fully saturated rings. The van der Waals surface area contributed by atoms with Crippen LogP contribution in [0.25, 0.3) is 0 Å². The Morgan fingerprint density at radius 2 is 1.45 bits per heavy atom. The van der Waals surface area contributed by atoms with Crippen molar-refractivity contribution < 1.29 is 13.2 Å². The highest BCUT2D eigenvalue weighted by atomic mass is 79.9. The van der Waals surface area contributed by atoms with Crippen molar-refractivity contribution in [2.45, 2.75) is 64.2 Å². The van der Waals surface area contributed by atoms with Gasteiger partial charge in [-0.1, -0.05) is 75.7 Å². The van der Waals surface area contributed by atoms with E-state index in [1.807, 2.05) is 39.8 Å². The topological polar surface area (TPSA) is 75.3 Å². The van der Waals surface area contributed by atoms with Crippen LogP contribution in [0.15, 0.2) is 45.8 Å². The highest BCUT2D eigenvalue weighted by Crippen LogP contribution is 2.34. The molecule has 158 valence electrons. The van der Waals surface area contributed by atoms with Crippen molar-refractivity contribution in [3.05, 3.63) is 63.1 Å². The van der Waals surface area contributed by atoms with Crippen LogP contribution in [0.1, 0.15) is 86.3 Å². The molecule has 2 rings (SSSR count). The van der Waals surface area contributed by atoms with E-state index >= 15 is 0 Å². The first-order chi connectivity index (χ1) is 13.4. The Kier molecular flexibility index (Phi) is 7.65. The van der Waals surface area contributed by atoms with Crippen molar-refractivity contribution in [3.63, 3.8) is 0 Å². The largest absolute Gasteiger partial charge is 0.273 e. The van der Waals surface area contributed by atoms with Gasteiger partial charge in [0, 0.05) is 10.0 Å². The molecule has 2 aromatic carbocycles. The Bertz CT molecular complexity index is 970. The first-order valence-corrected chi connectivity index (χ1v) is 12.0. The number of halogens is 1. The first kappa shape index (κ1) is 23.6. The summed E-state index contributed by atoms with van der Waals surface area (Å²) in [4.78, 5) is 14.9. The van der Waals surface area contributed by atoms with Crippen molar-refractivity contribution in [1.82, 2.24) is 10.3 Å². The lowest BCUT2D eigenvalue weighted by Gasteiger charge is -2.23. The molecule has 0 aromatic heterocycles. The summed E-state index contributed by atoms with van der Waals surface area (Å²) in [6.07, 6.45) is 0. The molecular formula is C22H29BrN2O3S. The third kappa shape index (κ3) is 5.68. The Morgan fingerprint density at radius 1 is 0.897 bits per heavy atom. The Labute approximate surface area is 182 Å². The zero-order valence-electron chi connectivity index (χ0n) is 17.7. The van der Waals surface area contributed by atoms with Gasteiger partial charge in [0.2, 0.25) is 0 Å². The van der Waals surface area contributed by atoms with Crippen LogP contribution in [0.3, 0.4) is 0 Å². The summed E-state index contributed by atoms with van der Waals surface area (Å²) >= 11 is 3.31. The van der Waals surface area contributed by atoms with E-state index in [1.54, 1.807) is 24.3 Å². The summed E-state index contributed by atoms with van der Waals surface area (Å²) < 4.78 is 27.2. The fourth-order valence-corrected chi connectivity index (χ4v) is 5.00. The minimum absolute atomic E-state index is 0.0126. The van der Waals surface area contributed by atoms with Crippen LogP contribution >= 0.6 is 15.9 Å². The lowest BCUT2D eigenvalue weighted by atomic mass is 9.89. The average molecular weight is 481 g/mol. The number of sulfonamides is 1. The van der Waals surface area contributed by atoms with Gasteiger partial charge in [0.25, 0.3) is 15.9 Å². The number of nitrogens with one attached hydrogen (secondary N) is 2. The lowest BCUT2D eigenvalue weighted by Crippen LogP contribution is -2.42. The second kappa shape index (κ2) is 9.41. The fraction of sp³-hybridized carbons (Fsp3) is 0.409. The molecule has 0 aliphatic heterocycles. The Morgan fingerprint density at radius 3 is 1.90 bits per heavy atom. The molecule has 0 spiro atoms. The SMILES string of the molecule is CC(C)c1cc(C(C)C)c(S(=O)(=O)NNC(=O)c2cccc(Br)c2)c(C(C)C)c1. The van der Waals surface area contributed by atoms with Gasteiger partial charge in [-0.3, -0.25) is 10.2 Å². The summed E-state index contributed by atoms with van der Waals surface area (Å²) in [7, 11) is -3.96. The predicted octanol–water partition coefficient (Wildman–Crippen LogP) is 5.44. The monoisotopic (exact) mass is 480 g/mol. The molecule has 1 amide bonds. The van der Waals surface area contributed by atoms with Gasteiger partial charge in [-0.05, 0) is 52.6 Å². The van der Waals surface area contributed by atoms with Gasteiger partial charge in [-0.2, -0.15) is 0 Å². The van der Waals surface area contributed by atoms with Gasteiger partial charge >= 0.3 is 0 Å². The molecule has 0 atom stereocenters. The van der Waals surface area contributed by atoms with Gasteiger partial charge in [-0.25, -0.2) is 8.42 Å². The second-order valence-electron chi connectivity index (χ2n) is 8.06. The maximum absolute atomic E-state index is 13.2. The normalized spacial score (nSPS) is 12.1. The van der Waals surface area contributed by atoms with E-state index < -0.39 is 15.9 Å². The van der Waals surface area contributed by atoms with Crippen LogP contribution < -0.4 is 10.3 Å². The maximum Gasteiger partial charge on any atom is 0.266 e. The molecule has 0 saturated carbocycles. The van der Waals surface area contributed by atoms with Crippen molar-refractivity contribution in [2.24, 2.45) is 0 Å². The smallest absolute Gasteiger partial charge is 0.266 e. The second-order valence-corrected chi connectivity index (χ2v) is 10.6. The molecule has 0 aliphatic rings. The van der Waals surface area contributed by atoms with Gasteiger partial charge < -0.3 is 0 Å². The van der Waals surface area contributed by atoms with E-state index in [1.165, 1.54) is 0 Å². The number of hydrogen-bond acceptors (Lipinski definition) is 3. The van der Waals surface area contributed by atoms with Crippen molar-refractivity contribution in [3.8, 4) is 0 Å². The van der Waals surface area contributed by atoms with Crippen molar-refractivity contribution in [1.29, 1.82) is 0 Å². The number of carbonyl (C=O) groups is 1. The highest BCUT2D eigenvalue weighted by Gasteiger charge is 2.27. The van der Waals surface area contributed by atoms with Crippen LogP contribution in [-0.2, 0) is 10.0 Å². The molecule has 0 radical (unpaired) electrons. The number of hydrogen-bond donors (Lipinski definition) is 2. The van der Waals surface area contributed by atoms with Crippen LogP contribution in [0, 0.1) is 0 Å². The number of amides is 1. The summed E-state index contributed by atoms with van der Waals surface area (Å²) in [5.74, 6) is -0.214. The van der Waals surface area contributed by atoms with E-state index in [-0.39, 0.29) is 22.6 Å². The quantitative estimate of drug-likeness (QED) is 0.517. The minimum Gasteiger partial charge on any atom is -0.273 e. The molecule has 2 aromatic rings. The molecule has 0 unspecified atom stereocenters. The fourth-order valence-electron chi connectivity index (χ4n) is 3.07. The molecule has 2 N–H and O–H groups in total. The summed E-state index contributed by atoms with van der Waals surface area (Å²) in [5.41, 5.74) is 5.30. The van der Waals surface area contributed by atoms with Crippen molar-refractivity contribution in [2.75, 3.05) is 0 Å². The predicted molar refractivity (Wildman–Crippen MR) is 121 cm³/mol. The third-order valence-corrected chi connectivity index (χ3v) is 6.61. The number of rotatable bonds is 7. The first-order valence-electron chi connectivity index (χ1n) is 9.69. The molecule has 7 heteroatoms. The lowest BCUT2D eigenvalue weighted by molar-refractivity contribution is 0.0945. The number of carbonyl (C=O) groups excluding carboxylic acids is 1. The van der Waals surface area contributed by atoms with Crippen molar-refractivity contribution >= 4 is 31.9 Å². The van der Waals surface area contributed by atoms with Crippen LogP contribution in [0.5, 0.6) is 0 Å². The van der Waals surface area contributed by atoms with Crippen LogP contribution in [0.2, 0.25) is 0 Å². The molecule has 29 heavy (non-hydrogen) atoms. The third-order valence-electron chi connectivity index (χ3n) is 4.73. The molecule has 0 saturated heterocycles. The maximum atomic E-state index is 13.2. The average Bonchev–Trinajstić information content (AvgIpc) is 2.64. The Balaban J connectivity index is 2.46. The number of hydrazine groups is 1. The van der Waals surface area contributed by atoms with E-state index in [9.17, 15) is 13.2 Å². The summed E-state index contributed by atoms with van der Waals surface area (Å²) in [6, 6.07) is 10.7. The molecule has 0 bridgehead atoms. The zero-order chi connectivity index (χ0) is 21.9. The summed E-state index contributed by atoms with van der Waals surface area (Å²) in [5, 5.41) is 0. The Hall–Kier alpha value is -1.70. The van der Waals surface area contributed by atoms with Gasteiger partial charge in [0.05, 0.1) is 4.90 Å². The molecule has 0 aliphatic carbocycles. The van der Waals surface area contributed by atoms with E-state index in [0.29, 0.717) is 5.56 Å². The van der Waals surface area contributed by atoms with Crippen LogP contribution in [0.4, 0.5) is 0 Å².